The van der Waals surface area contributed by atoms with Gasteiger partial charge in [0.1, 0.15) is 37.9 Å². The summed E-state index contributed by atoms with van der Waals surface area (Å²) in [6.45, 7) is 3.11. The number of halogens is 3. The lowest BCUT2D eigenvalue weighted by Gasteiger charge is -2.25. The molecule has 0 saturated heterocycles. The highest BCUT2D eigenvalue weighted by molar-refractivity contribution is 5.79. The van der Waals surface area contributed by atoms with E-state index in [1.54, 1.807) is 49.4 Å². The van der Waals surface area contributed by atoms with Crippen LogP contribution in [0.4, 0.5) is 13.2 Å². The highest BCUT2D eigenvalue weighted by Crippen LogP contribution is 2.31. The Morgan fingerprint density at radius 2 is 1.71 bits per heavy atom. The van der Waals surface area contributed by atoms with E-state index in [1.807, 2.05) is 6.92 Å². The summed E-state index contributed by atoms with van der Waals surface area (Å²) in [5.41, 5.74) is 2.70. The molecule has 0 spiro atoms. The maximum absolute atomic E-state index is 13.2. The molecule has 2 heterocycles. The summed E-state index contributed by atoms with van der Waals surface area (Å²) in [5, 5.41) is 3.88. The van der Waals surface area contributed by atoms with Crippen molar-refractivity contribution < 1.29 is 36.7 Å². The molecule has 0 unspecified atom stereocenters. The highest BCUT2D eigenvalue weighted by atomic mass is 19.4. The molecule has 4 rings (SSSR count). The number of alkyl halides is 3. The van der Waals surface area contributed by atoms with Gasteiger partial charge >= 0.3 is 6.18 Å². The Kier molecular flexibility index (Phi) is 7.18. The van der Waals surface area contributed by atoms with Crippen molar-refractivity contribution in [2.45, 2.75) is 39.6 Å². The largest absolute Gasteiger partial charge is 0.489 e. The number of ether oxygens (including phenoxy) is 3. The molecule has 1 amide bonds. The lowest BCUT2D eigenvalue weighted by atomic mass is 10.1. The van der Waals surface area contributed by atoms with Gasteiger partial charge in [-0.05, 0) is 49.2 Å². The highest BCUT2D eigenvalue weighted by Gasteiger charge is 2.33. The molecule has 0 bridgehead atoms. The van der Waals surface area contributed by atoms with Crippen LogP contribution >= 0.6 is 0 Å². The monoisotopic (exact) mass is 490 g/mol. The number of fused-ring (bicyclic) bond motifs is 1. The van der Waals surface area contributed by atoms with Crippen LogP contribution in [0, 0.1) is 13.8 Å². The van der Waals surface area contributed by atoms with E-state index in [4.69, 9.17) is 18.7 Å². The zero-order valence-corrected chi connectivity index (χ0v) is 19.4. The minimum atomic E-state index is -4.53. The maximum Gasteiger partial charge on any atom is 0.406 e. The fourth-order valence-corrected chi connectivity index (χ4v) is 3.71. The molecule has 0 fully saturated rings. The molecule has 0 N–H and O–H groups in total. The molecular formula is C25H25F3N2O5. The number of amides is 1. The third-order valence-electron chi connectivity index (χ3n) is 5.55. The Morgan fingerprint density at radius 1 is 1.03 bits per heavy atom. The van der Waals surface area contributed by atoms with Crippen LogP contribution in [0.2, 0.25) is 0 Å². The van der Waals surface area contributed by atoms with Gasteiger partial charge < -0.3 is 23.6 Å². The first-order valence-corrected chi connectivity index (χ1v) is 11.0. The zero-order chi connectivity index (χ0) is 25.0. The summed E-state index contributed by atoms with van der Waals surface area (Å²) < 4.78 is 61.5. The van der Waals surface area contributed by atoms with Gasteiger partial charge in [-0.3, -0.25) is 4.79 Å². The SMILES string of the molecule is Cc1noc(C)c1COc1ccc(CC(=O)N(Cc2ccc3c(c2)OCCO3)CC(F)(F)F)cc1. The van der Waals surface area contributed by atoms with Crippen LogP contribution < -0.4 is 14.2 Å². The number of hydrogen-bond donors (Lipinski definition) is 0. The molecule has 0 atom stereocenters. The van der Waals surface area contributed by atoms with Crippen LogP contribution in [0.5, 0.6) is 17.2 Å². The van der Waals surface area contributed by atoms with E-state index in [2.05, 4.69) is 5.16 Å². The number of benzene rings is 2. The summed E-state index contributed by atoms with van der Waals surface area (Å²) in [6, 6.07) is 11.6. The lowest BCUT2D eigenvalue weighted by Crippen LogP contribution is -2.39. The molecule has 3 aromatic rings. The number of aryl methyl sites for hydroxylation is 2. The third-order valence-corrected chi connectivity index (χ3v) is 5.55. The van der Waals surface area contributed by atoms with Crippen molar-refractivity contribution in [3.8, 4) is 17.2 Å². The van der Waals surface area contributed by atoms with Crippen molar-refractivity contribution in [1.82, 2.24) is 10.1 Å². The van der Waals surface area contributed by atoms with Crippen molar-refractivity contribution in [3.05, 3.63) is 70.6 Å². The first kappa shape index (κ1) is 24.4. The van der Waals surface area contributed by atoms with Crippen molar-refractivity contribution in [3.63, 3.8) is 0 Å². The van der Waals surface area contributed by atoms with Gasteiger partial charge in [-0.15, -0.1) is 0 Å². The summed E-state index contributed by atoms with van der Waals surface area (Å²) >= 11 is 0. The molecule has 2 aromatic carbocycles. The average molecular weight is 490 g/mol. The van der Waals surface area contributed by atoms with Crippen LogP contribution in [0.1, 0.15) is 28.1 Å². The van der Waals surface area contributed by atoms with Crippen molar-refractivity contribution >= 4 is 5.91 Å². The van der Waals surface area contributed by atoms with Gasteiger partial charge in [-0.1, -0.05) is 23.4 Å². The summed E-state index contributed by atoms with van der Waals surface area (Å²) in [6.07, 6.45) is -4.70. The number of hydrogen-bond acceptors (Lipinski definition) is 6. The lowest BCUT2D eigenvalue weighted by molar-refractivity contribution is -0.162. The van der Waals surface area contributed by atoms with E-state index < -0.39 is 18.6 Å². The Bertz CT molecular complexity index is 1160. The smallest absolute Gasteiger partial charge is 0.406 e. The van der Waals surface area contributed by atoms with Gasteiger partial charge in [0.25, 0.3) is 0 Å². The predicted octanol–water partition coefficient (Wildman–Crippen LogP) is 4.78. The van der Waals surface area contributed by atoms with Gasteiger partial charge in [0, 0.05) is 6.54 Å². The van der Waals surface area contributed by atoms with Crippen LogP contribution in [0.25, 0.3) is 0 Å². The minimum absolute atomic E-state index is 0.176. The molecule has 0 radical (unpaired) electrons. The summed E-state index contributed by atoms with van der Waals surface area (Å²) in [5.74, 6) is 1.59. The predicted molar refractivity (Wildman–Crippen MR) is 119 cm³/mol. The van der Waals surface area contributed by atoms with Crippen molar-refractivity contribution in [1.29, 1.82) is 0 Å². The van der Waals surface area contributed by atoms with Crippen molar-refractivity contribution in [2.24, 2.45) is 0 Å². The van der Waals surface area contributed by atoms with Gasteiger partial charge in [-0.25, -0.2) is 0 Å². The number of carbonyl (C=O) groups is 1. The number of nitrogens with zero attached hydrogens (tertiary/aromatic N) is 2. The molecule has 0 aliphatic carbocycles. The van der Waals surface area contributed by atoms with Crippen molar-refractivity contribution in [2.75, 3.05) is 19.8 Å². The molecule has 0 saturated carbocycles. The second-order valence-electron chi connectivity index (χ2n) is 8.26. The van der Waals surface area contributed by atoms with E-state index in [0.29, 0.717) is 47.3 Å². The molecule has 1 aliphatic heterocycles. The van der Waals surface area contributed by atoms with Crippen LogP contribution in [0.3, 0.4) is 0 Å². The maximum atomic E-state index is 13.2. The fraction of sp³-hybridized carbons (Fsp3) is 0.360. The number of carbonyl (C=O) groups excluding carboxylic acids is 1. The van der Waals surface area contributed by atoms with Crippen LogP contribution in [-0.2, 0) is 24.4 Å². The second kappa shape index (κ2) is 10.3. The molecule has 7 nitrogen and oxygen atoms in total. The zero-order valence-electron chi connectivity index (χ0n) is 19.4. The normalized spacial score (nSPS) is 12.9. The van der Waals surface area contributed by atoms with Gasteiger partial charge in [-0.2, -0.15) is 13.2 Å². The van der Waals surface area contributed by atoms with Crippen LogP contribution in [0.15, 0.2) is 47.0 Å². The van der Waals surface area contributed by atoms with E-state index >= 15 is 0 Å². The second-order valence-corrected chi connectivity index (χ2v) is 8.26. The van der Waals surface area contributed by atoms with E-state index in [-0.39, 0.29) is 19.6 Å². The minimum Gasteiger partial charge on any atom is -0.489 e. The number of aromatic nitrogens is 1. The van der Waals surface area contributed by atoms with Gasteiger partial charge in [0.15, 0.2) is 11.5 Å². The van der Waals surface area contributed by atoms with Gasteiger partial charge in [0.2, 0.25) is 5.91 Å². The van der Waals surface area contributed by atoms with Gasteiger partial charge in [0.05, 0.1) is 17.7 Å². The molecule has 1 aromatic heterocycles. The Morgan fingerprint density at radius 3 is 2.37 bits per heavy atom. The summed E-state index contributed by atoms with van der Waals surface area (Å²) in [4.78, 5) is 13.6. The first-order chi connectivity index (χ1) is 16.7. The average Bonchev–Trinajstić information content (AvgIpc) is 3.14. The molecule has 35 heavy (non-hydrogen) atoms. The molecule has 1 aliphatic rings. The van der Waals surface area contributed by atoms with E-state index in [0.717, 1.165) is 16.2 Å². The number of rotatable bonds is 8. The Labute approximate surface area is 200 Å². The Balaban J connectivity index is 1.41. The van der Waals surface area contributed by atoms with E-state index in [1.165, 1.54) is 0 Å². The molecular weight excluding hydrogens is 465 g/mol. The first-order valence-electron chi connectivity index (χ1n) is 11.0. The quantitative estimate of drug-likeness (QED) is 0.453. The third kappa shape index (κ3) is 6.46. The summed E-state index contributed by atoms with van der Waals surface area (Å²) in [7, 11) is 0. The van der Waals surface area contributed by atoms with Crippen LogP contribution in [-0.4, -0.2) is 41.9 Å². The molecule has 186 valence electrons. The standard InChI is InChI=1S/C25H25F3N2O5/c1-16-21(17(2)35-29-16)14-34-20-6-3-18(4-7-20)12-24(31)30(15-25(26,27)28)13-19-5-8-22-23(11-19)33-10-9-32-22/h3-8,11H,9-10,12-15H2,1-2H3. The van der Waals surface area contributed by atoms with E-state index in [9.17, 15) is 18.0 Å². The fourth-order valence-electron chi connectivity index (χ4n) is 3.71. The Hall–Kier alpha value is -3.69. The topological polar surface area (TPSA) is 74.0 Å². The molecule has 10 heteroatoms.